The number of guanidine groups is 1. The first-order valence-corrected chi connectivity index (χ1v) is 8.44. The number of amides is 1. The van der Waals surface area contributed by atoms with Crippen LogP contribution in [0.4, 0.5) is 0 Å². The Morgan fingerprint density at radius 3 is 2.60 bits per heavy atom. The lowest BCUT2D eigenvalue weighted by Gasteiger charge is -2.22. The van der Waals surface area contributed by atoms with Crippen molar-refractivity contribution >= 4 is 35.1 Å². The van der Waals surface area contributed by atoms with Gasteiger partial charge in [-0.3, -0.25) is 9.79 Å². The minimum atomic E-state index is -0.244. The highest BCUT2D eigenvalue weighted by atomic mass is 35.5. The van der Waals surface area contributed by atoms with E-state index in [1.54, 1.807) is 25.2 Å². The number of carbonyl (C=O) groups is 1. The molecule has 1 aromatic carbocycles. The number of rotatable bonds is 6. The Balaban J connectivity index is 1.79. The summed E-state index contributed by atoms with van der Waals surface area (Å²) in [6.45, 7) is 1.60. The molecule has 25 heavy (non-hydrogen) atoms. The predicted molar refractivity (Wildman–Crippen MR) is 100 cm³/mol. The van der Waals surface area contributed by atoms with Crippen LogP contribution in [-0.4, -0.2) is 44.0 Å². The van der Waals surface area contributed by atoms with Gasteiger partial charge in [-0.2, -0.15) is 0 Å². The van der Waals surface area contributed by atoms with Gasteiger partial charge in [-0.1, -0.05) is 29.3 Å². The fraction of sp³-hybridized carbons (Fsp3) is 0.294. The molecule has 134 valence electrons. The van der Waals surface area contributed by atoms with Crippen LogP contribution in [0.25, 0.3) is 0 Å². The molecule has 0 radical (unpaired) electrons. The Morgan fingerprint density at radius 1 is 1.20 bits per heavy atom. The van der Waals surface area contributed by atoms with E-state index in [2.05, 4.69) is 15.6 Å². The summed E-state index contributed by atoms with van der Waals surface area (Å²) < 4.78 is 5.03. The van der Waals surface area contributed by atoms with E-state index in [9.17, 15) is 4.79 Å². The number of hydrogen-bond acceptors (Lipinski definition) is 3. The van der Waals surface area contributed by atoms with E-state index in [4.69, 9.17) is 27.6 Å². The SMILES string of the molecule is CN=C(NCCNC(=O)c1ccco1)N(C)Cc1ccc(Cl)c(Cl)c1. The predicted octanol–water partition coefficient (Wildman–Crippen LogP) is 3.02. The fourth-order valence-electron chi connectivity index (χ4n) is 2.22. The summed E-state index contributed by atoms with van der Waals surface area (Å²) in [6, 6.07) is 8.81. The Labute approximate surface area is 156 Å². The third-order valence-electron chi connectivity index (χ3n) is 3.42. The molecule has 0 saturated carbocycles. The zero-order valence-electron chi connectivity index (χ0n) is 14.1. The second-order valence-corrected chi connectivity index (χ2v) is 6.13. The Morgan fingerprint density at radius 2 is 1.96 bits per heavy atom. The van der Waals surface area contributed by atoms with Crippen LogP contribution in [0, 0.1) is 0 Å². The van der Waals surface area contributed by atoms with Gasteiger partial charge < -0.3 is 20.0 Å². The molecule has 6 nitrogen and oxygen atoms in total. The molecule has 0 aliphatic rings. The van der Waals surface area contributed by atoms with E-state index in [0.29, 0.717) is 41.4 Å². The summed E-state index contributed by atoms with van der Waals surface area (Å²) >= 11 is 12.0. The average Bonchev–Trinajstić information content (AvgIpc) is 3.12. The topological polar surface area (TPSA) is 69.9 Å². The van der Waals surface area contributed by atoms with E-state index >= 15 is 0 Å². The van der Waals surface area contributed by atoms with Crippen LogP contribution in [0.1, 0.15) is 16.1 Å². The number of nitrogens with one attached hydrogen (secondary N) is 2. The minimum Gasteiger partial charge on any atom is -0.459 e. The van der Waals surface area contributed by atoms with E-state index in [0.717, 1.165) is 5.56 Å². The van der Waals surface area contributed by atoms with Gasteiger partial charge in [0.1, 0.15) is 0 Å². The Hall–Kier alpha value is -2.18. The van der Waals surface area contributed by atoms with Crippen molar-refractivity contribution in [1.29, 1.82) is 0 Å². The molecule has 0 bridgehead atoms. The maximum Gasteiger partial charge on any atom is 0.287 e. The van der Waals surface area contributed by atoms with Crippen molar-refractivity contribution in [3.05, 3.63) is 58.0 Å². The lowest BCUT2D eigenvalue weighted by atomic mass is 10.2. The average molecular weight is 383 g/mol. The first-order chi connectivity index (χ1) is 12.0. The summed E-state index contributed by atoms with van der Waals surface area (Å²) in [5.74, 6) is 0.755. The summed E-state index contributed by atoms with van der Waals surface area (Å²) in [5, 5.41) is 7.01. The lowest BCUT2D eigenvalue weighted by Crippen LogP contribution is -2.42. The lowest BCUT2D eigenvalue weighted by molar-refractivity contribution is 0.0926. The number of aliphatic imine (C=N–C) groups is 1. The molecule has 1 heterocycles. The maximum atomic E-state index is 11.8. The van der Waals surface area contributed by atoms with Crippen LogP contribution in [0.3, 0.4) is 0 Å². The van der Waals surface area contributed by atoms with Crippen LogP contribution < -0.4 is 10.6 Å². The molecule has 0 spiro atoms. The summed E-state index contributed by atoms with van der Waals surface area (Å²) in [4.78, 5) is 17.9. The second-order valence-electron chi connectivity index (χ2n) is 5.31. The summed E-state index contributed by atoms with van der Waals surface area (Å²) in [5.41, 5.74) is 1.02. The highest BCUT2D eigenvalue weighted by Crippen LogP contribution is 2.23. The molecule has 0 aliphatic carbocycles. The van der Waals surface area contributed by atoms with Crippen LogP contribution >= 0.6 is 23.2 Å². The number of benzene rings is 1. The molecule has 1 amide bonds. The number of halogens is 2. The van der Waals surface area contributed by atoms with Crippen LogP contribution in [0.2, 0.25) is 10.0 Å². The largest absolute Gasteiger partial charge is 0.459 e. The van der Waals surface area contributed by atoms with Gasteiger partial charge >= 0.3 is 0 Å². The first kappa shape index (κ1) is 19.1. The number of carbonyl (C=O) groups excluding carboxylic acids is 1. The number of hydrogen-bond donors (Lipinski definition) is 2. The fourth-order valence-corrected chi connectivity index (χ4v) is 2.54. The molecular weight excluding hydrogens is 363 g/mol. The van der Waals surface area contributed by atoms with Gasteiger partial charge in [0.25, 0.3) is 5.91 Å². The van der Waals surface area contributed by atoms with Gasteiger partial charge in [-0.15, -0.1) is 0 Å². The number of furan rings is 1. The van der Waals surface area contributed by atoms with Crippen LogP contribution in [0.15, 0.2) is 46.0 Å². The van der Waals surface area contributed by atoms with Gasteiger partial charge in [0.15, 0.2) is 11.7 Å². The Bertz CT molecular complexity index is 732. The normalized spacial score (nSPS) is 11.3. The molecule has 2 aromatic rings. The monoisotopic (exact) mass is 382 g/mol. The van der Waals surface area contributed by atoms with Crippen molar-refractivity contribution in [3.63, 3.8) is 0 Å². The third kappa shape index (κ3) is 5.69. The van der Waals surface area contributed by atoms with E-state index in [1.807, 2.05) is 24.1 Å². The van der Waals surface area contributed by atoms with Gasteiger partial charge in [0.05, 0.1) is 16.3 Å². The van der Waals surface area contributed by atoms with Gasteiger partial charge in [-0.05, 0) is 29.8 Å². The van der Waals surface area contributed by atoms with Crippen LogP contribution in [-0.2, 0) is 6.54 Å². The molecule has 0 saturated heterocycles. The van der Waals surface area contributed by atoms with Crippen molar-refractivity contribution in [2.75, 3.05) is 27.2 Å². The van der Waals surface area contributed by atoms with Crippen molar-refractivity contribution in [3.8, 4) is 0 Å². The summed E-state index contributed by atoms with van der Waals surface area (Å²) in [6.07, 6.45) is 1.47. The van der Waals surface area contributed by atoms with Gasteiger partial charge in [-0.25, -0.2) is 0 Å². The first-order valence-electron chi connectivity index (χ1n) is 7.68. The summed E-state index contributed by atoms with van der Waals surface area (Å²) in [7, 11) is 3.62. The third-order valence-corrected chi connectivity index (χ3v) is 4.15. The Kier molecular flexibility index (Phi) is 7.16. The van der Waals surface area contributed by atoms with Gasteiger partial charge in [0, 0.05) is 33.7 Å². The van der Waals surface area contributed by atoms with Gasteiger partial charge in [0.2, 0.25) is 0 Å². The van der Waals surface area contributed by atoms with E-state index in [1.165, 1.54) is 6.26 Å². The highest BCUT2D eigenvalue weighted by Gasteiger charge is 2.09. The standard InChI is InChI=1S/C17H20Cl2N4O2/c1-20-17(22-8-7-21-16(24)15-4-3-9-25-15)23(2)11-12-5-6-13(18)14(19)10-12/h3-6,9-10H,7-8,11H2,1-2H3,(H,20,22)(H,21,24). The maximum absolute atomic E-state index is 11.8. The van der Waals surface area contributed by atoms with Crippen molar-refractivity contribution in [2.24, 2.45) is 4.99 Å². The second kappa shape index (κ2) is 9.34. The molecular formula is C17H20Cl2N4O2. The molecule has 0 fully saturated rings. The van der Waals surface area contributed by atoms with E-state index < -0.39 is 0 Å². The highest BCUT2D eigenvalue weighted by molar-refractivity contribution is 6.42. The molecule has 0 aliphatic heterocycles. The molecule has 1 aromatic heterocycles. The van der Waals surface area contributed by atoms with E-state index in [-0.39, 0.29) is 5.91 Å². The molecule has 2 N–H and O–H groups in total. The number of nitrogens with zero attached hydrogens (tertiary/aromatic N) is 2. The molecule has 8 heteroatoms. The van der Waals surface area contributed by atoms with Crippen molar-refractivity contribution < 1.29 is 9.21 Å². The molecule has 0 unspecified atom stereocenters. The molecule has 0 atom stereocenters. The molecule has 2 rings (SSSR count). The zero-order chi connectivity index (χ0) is 18.2. The van der Waals surface area contributed by atoms with Crippen LogP contribution in [0.5, 0.6) is 0 Å². The van der Waals surface area contributed by atoms with Crippen molar-refractivity contribution in [1.82, 2.24) is 15.5 Å². The zero-order valence-corrected chi connectivity index (χ0v) is 15.6. The van der Waals surface area contributed by atoms with Crippen molar-refractivity contribution in [2.45, 2.75) is 6.54 Å². The quantitative estimate of drug-likeness (QED) is 0.457. The minimum absolute atomic E-state index is 0.244. The smallest absolute Gasteiger partial charge is 0.287 e.